The van der Waals surface area contributed by atoms with Crippen LogP contribution in [-0.2, 0) is 9.53 Å². The van der Waals surface area contributed by atoms with E-state index in [2.05, 4.69) is 5.10 Å². The molecular weight excluding hydrogens is 396 g/mol. The number of hydrogen-bond donors (Lipinski definition) is 7. The fourth-order valence-electron chi connectivity index (χ4n) is 4.44. The van der Waals surface area contributed by atoms with Crippen LogP contribution in [0.5, 0.6) is 17.2 Å². The molecule has 2 aliphatic carbocycles. The van der Waals surface area contributed by atoms with Crippen molar-refractivity contribution in [2.75, 3.05) is 0 Å². The van der Waals surface area contributed by atoms with Gasteiger partial charge >= 0.3 is 5.97 Å². The molecular formula is C20H20N2O8. The normalized spacial score (nSPS) is 29.2. The highest BCUT2D eigenvalue weighted by molar-refractivity contribution is 6.29. The highest BCUT2D eigenvalue weighted by Crippen LogP contribution is 2.55. The standard InChI is InChI=1S/C20H20N2O8/c1-6(23)30-20(2)18(28)13-11(17(27)19(20)29)10-12(14(13)22-21)16(26)9-7(15(10)25)4-3-5-8(9)24/h3-5,17-19,24-29H,21H2,1-2H3/t17-,18+,19+,20+/m0/s1. The summed E-state index contributed by atoms with van der Waals surface area (Å²) in [5.41, 5.74) is -2.61. The molecule has 2 aromatic carbocycles. The summed E-state index contributed by atoms with van der Waals surface area (Å²) in [7, 11) is 0. The quantitative estimate of drug-likeness (QED) is 0.143. The van der Waals surface area contributed by atoms with E-state index < -0.39 is 41.4 Å². The first kappa shape index (κ1) is 20.0. The molecule has 0 saturated heterocycles. The lowest BCUT2D eigenvalue weighted by molar-refractivity contribution is -0.195. The Morgan fingerprint density at radius 3 is 2.37 bits per heavy atom. The van der Waals surface area contributed by atoms with Crippen LogP contribution in [0, 0.1) is 0 Å². The van der Waals surface area contributed by atoms with Crippen LogP contribution >= 0.6 is 0 Å². The van der Waals surface area contributed by atoms with Crippen molar-refractivity contribution >= 4 is 28.0 Å². The van der Waals surface area contributed by atoms with Crippen molar-refractivity contribution in [3.8, 4) is 17.2 Å². The molecule has 0 unspecified atom stereocenters. The molecule has 0 fully saturated rings. The van der Waals surface area contributed by atoms with Crippen molar-refractivity contribution in [3.05, 3.63) is 34.9 Å². The Hall–Kier alpha value is -3.34. The van der Waals surface area contributed by atoms with Gasteiger partial charge in [0.25, 0.3) is 0 Å². The minimum Gasteiger partial charge on any atom is -0.507 e. The van der Waals surface area contributed by atoms with Gasteiger partial charge in [-0.1, -0.05) is 12.1 Å². The Bertz CT molecular complexity index is 1170. The summed E-state index contributed by atoms with van der Waals surface area (Å²) in [4.78, 5) is 11.6. The monoisotopic (exact) mass is 416 g/mol. The van der Waals surface area contributed by atoms with Gasteiger partial charge in [-0.25, -0.2) is 0 Å². The van der Waals surface area contributed by atoms with Crippen molar-refractivity contribution in [1.82, 2.24) is 0 Å². The molecule has 2 aliphatic rings. The fraction of sp³-hybridized carbons (Fsp3) is 0.300. The zero-order valence-electron chi connectivity index (χ0n) is 16.0. The minimum absolute atomic E-state index is 0.0703. The van der Waals surface area contributed by atoms with Crippen LogP contribution in [0.25, 0.3) is 16.3 Å². The lowest BCUT2D eigenvalue weighted by Gasteiger charge is -2.44. The number of ether oxygens (including phenoxy) is 1. The molecule has 0 heterocycles. The molecule has 0 aromatic heterocycles. The van der Waals surface area contributed by atoms with Crippen molar-refractivity contribution < 1.29 is 40.2 Å². The first-order valence-electron chi connectivity index (χ1n) is 9.02. The zero-order chi connectivity index (χ0) is 22.1. The van der Waals surface area contributed by atoms with Gasteiger partial charge in [0.1, 0.15) is 41.3 Å². The molecule has 158 valence electrons. The number of fused-ring (bicyclic) bond motifs is 3. The second kappa shape index (κ2) is 6.33. The average Bonchev–Trinajstić information content (AvgIpc) is 3.04. The molecule has 10 nitrogen and oxygen atoms in total. The van der Waals surface area contributed by atoms with E-state index in [4.69, 9.17) is 10.6 Å². The Balaban J connectivity index is 2.09. The maximum Gasteiger partial charge on any atom is 0.303 e. The molecule has 0 amide bonds. The van der Waals surface area contributed by atoms with Crippen molar-refractivity contribution in [2.45, 2.75) is 37.8 Å². The number of aromatic hydroxyl groups is 3. The molecule has 0 aliphatic heterocycles. The van der Waals surface area contributed by atoms with Crippen molar-refractivity contribution in [3.63, 3.8) is 0 Å². The van der Waals surface area contributed by atoms with Crippen LogP contribution in [0.4, 0.5) is 0 Å². The lowest BCUT2D eigenvalue weighted by atomic mass is 9.74. The van der Waals surface area contributed by atoms with Gasteiger partial charge in [0.05, 0.1) is 10.9 Å². The predicted octanol–water partition coefficient (Wildman–Crippen LogP) is -0.195. The minimum atomic E-state index is -1.96. The molecule has 8 N–H and O–H groups in total. The summed E-state index contributed by atoms with van der Waals surface area (Å²) in [5, 5.41) is 68.2. The van der Waals surface area contributed by atoms with E-state index in [1.165, 1.54) is 25.1 Å². The summed E-state index contributed by atoms with van der Waals surface area (Å²) >= 11 is 0. The molecule has 0 bridgehead atoms. The highest BCUT2D eigenvalue weighted by Gasteiger charge is 2.58. The van der Waals surface area contributed by atoms with Crippen molar-refractivity contribution in [1.29, 1.82) is 0 Å². The first-order chi connectivity index (χ1) is 14.1. The predicted molar refractivity (Wildman–Crippen MR) is 105 cm³/mol. The van der Waals surface area contributed by atoms with Crippen LogP contribution in [0.1, 0.15) is 25.0 Å². The summed E-state index contributed by atoms with van der Waals surface area (Å²) in [5.74, 6) is 3.48. The zero-order valence-corrected chi connectivity index (χ0v) is 16.0. The number of aliphatic hydroxyl groups is 3. The van der Waals surface area contributed by atoms with Gasteiger partial charge in [-0.15, -0.1) is 0 Å². The number of carbonyl (C=O) groups excluding carboxylic acids is 1. The van der Waals surface area contributed by atoms with Crippen LogP contribution in [0.3, 0.4) is 0 Å². The lowest BCUT2D eigenvalue weighted by Crippen LogP contribution is -2.61. The van der Waals surface area contributed by atoms with Crippen LogP contribution in [0.15, 0.2) is 28.9 Å². The third kappa shape index (κ3) is 2.29. The number of hydrogen-bond acceptors (Lipinski definition) is 10. The Morgan fingerprint density at radius 2 is 1.77 bits per heavy atom. The number of phenols is 3. The molecule has 0 saturated carbocycles. The van der Waals surface area contributed by atoms with Gasteiger partial charge in [0.2, 0.25) is 0 Å². The molecule has 0 radical (unpaired) electrons. The number of nitrogens with zero attached hydrogens (tertiary/aromatic N) is 1. The largest absolute Gasteiger partial charge is 0.507 e. The van der Waals surface area contributed by atoms with Gasteiger partial charge in [0.15, 0.2) is 5.60 Å². The van der Waals surface area contributed by atoms with Crippen molar-refractivity contribution in [2.24, 2.45) is 10.9 Å². The molecule has 4 rings (SSSR count). The maximum atomic E-state index is 11.6. The number of phenolic OH excluding ortho intramolecular Hbond substituents is 3. The van der Waals surface area contributed by atoms with Gasteiger partial charge in [-0.3, -0.25) is 4.79 Å². The highest BCUT2D eigenvalue weighted by atomic mass is 16.6. The number of carbonyl (C=O) groups is 1. The molecule has 0 spiro atoms. The smallest absolute Gasteiger partial charge is 0.303 e. The van der Waals surface area contributed by atoms with E-state index in [1.54, 1.807) is 0 Å². The number of benzene rings is 2. The van der Waals surface area contributed by atoms with E-state index >= 15 is 0 Å². The van der Waals surface area contributed by atoms with Gasteiger partial charge < -0.3 is 41.2 Å². The van der Waals surface area contributed by atoms with E-state index in [9.17, 15) is 35.4 Å². The summed E-state index contributed by atoms with van der Waals surface area (Å²) in [6.45, 7) is 2.31. The SMILES string of the molecule is CC(=O)O[C@]1(C)[C@H](O)C2=C(c3c(c(O)c4c(O)cccc4c3O)C2=NN)[C@H](O)[C@H]1O. The third-order valence-corrected chi connectivity index (χ3v) is 5.80. The van der Waals surface area contributed by atoms with Gasteiger partial charge in [-0.2, -0.15) is 5.10 Å². The number of hydrazone groups is 1. The van der Waals surface area contributed by atoms with Crippen LogP contribution < -0.4 is 5.84 Å². The summed E-state index contributed by atoms with van der Waals surface area (Å²) in [6, 6.07) is 4.19. The first-order valence-corrected chi connectivity index (χ1v) is 9.02. The van der Waals surface area contributed by atoms with Gasteiger partial charge in [0, 0.05) is 29.0 Å². The topological polar surface area (TPSA) is 186 Å². The third-order valence-electron chi connectivity index (χ3n) is 5.80. The molecule has 2 aromatic rings. The van der Waals surface area contributed by atoms with Crippen LogP contribution in [-0.4, -0.2) is 66.2 Å². The van der Waals surface area contributed by atoms with Gasteiger partial charge in [-0.05, 0) is 13.0 Å². The van der Waals surface area contributed by atoms with E-state index in [-0.39, 0.29) is 44.5 Å². The van der Waals surface area contributed by atoms with Crippen LogP contribution in [0.2, 0.25) is 0 Å². The Kier molecular flexibility index (Phi) is 4.21. The Morgan fingerprint density at radius 1 is 1.10 bits per heavy atom. The number of esters is 1. The van der Waals surface area contributed by atoms with E-state index in [0.717, 1.165) is 6.92 Å². The molecule has 30 heavy (non-hydrogen) atoms. The van der Waals surface area contributed by atoms with E-state index in [0.29, 0.717) is 0 Å². The summed E-state index contributed by atoms with van der Waals surface area (Å²) in [6.07, 6.45) is -5.22. The maximum absolute atomic E-state index is 11.6. The molecule has 10 heteroatoms. The number of nitrogens with two attached hydrogens (primary N) is 1. The Labute approximate surface area is 169 Å². The second-order valence-electron chi connectivity index (χ2n) is 7.52. The summed E-state index contributed by atoms with van der Waals surface area (Å²) < 4.78 is 5.14. The number of aliphatic hydroxyl groups excluding tert-OH is 3. The second-order valence-corrected chi connectivity index (χ2v) is 7.52. The average molecular weight is 416 g/mol. The number of rotatable bonds is 1. The fourth-order valence-corrected chi connectivity index (χ4v) is 4.44. The van der Waals surface area contributed by atoms with E-state index in [1.807, 2.05) is 0 Å². The molecule has 4 atom stereocenters.